The van der Waals surface area contributed by atoms with Gasteiger partial charge in [0.25, 0.3) is 10.0 Å². The van der Waals surface area contributed by atoms with Gasteiger partial charge in [0.05, 0.1) is 16.3 Å². The molecule has 3 rings (SSSR count). The molecule has 0 fully saturated rings. The number of carbonyl (C=O) groups excluding carboxylic acids is 1. The van der Waals surface area contributed by atoms with Gasteiger partial charge < -0.3 is 5.32 Å². The van der Waals surface area contributed by atoms with Gasteiger partial charge >= 0.3 is 0 Å². The molecule has 5 nitrogen and oxygen atoms in total. The Kier molecular flexibility index (Phi) is 3.37. The van der Waals surface area contributed by atoms with Gasteiger partial charge in [0, 0.05) is 0 Å². The number of amides is 1. The first-order chi connectivity index (χ1) is 10.4. The minimum atomic E-state index is -3.95. The molecule has 1 N–H and O–H groups in total. The molecule has 0 unspecified atom stereocenters. The molecule has 1 aliphatic heterocycles. The molecule has 0 aromatic heterocycles. The first-order valence-corrected chi connectivity index (χ1v) is 8.01. The SMILES string of the molecule is Cc1cc(F)ccc1S(=O)(=O)N1CC(=O)Nc2ccccc21. The lowest BCUT2D eigenvalue weighted by Crippen LogP contribution is -2.42. The number of carbonyl (C=O) groups is 1. The zero-order chi connectivity index (χ0) is 15.9. The van der Waals surface area contributed by atoms with Crippen LogP contribution in [0.2, 0.25) is 0 Å². The van der Waals surface area contributed by atoms with Gasteiger partial charge in [-0.2, -0.15) is 0 Å². The van der Waals surface area contributed by atoms with E-state index in [2.05, 4.69) is 5.32 Å². The zero-order valence-corrected chi connectivity index (χ0v) is 12.5. The van der Waals surface area contributed by atoms with Crippen LogP contribution in [0.1, 0.15) is 5.56 Å². The Bertz CT molecular complexity index is 865. The molecule has 0 saturated heterocycles. The Balaban J connectivity index is 2.15. The predicted molar refractivity (Wildman–Crippen MR) is 80.7 cm³/mol. The molecule has 0 atom stereocenters. The van der Waals surface area contributed by atoms with E-state index in [0.29, 0.717) is 16.9 Å². The number of benzene rings is 2. The summed E-state index contributed by atoms with van der Waals surface area (Å²) in [6, 6.07) is 10.1. The number of rotatable bonds is 2. The second-order valence-corrected chi connectivity index (χ2v) is 6.82. The largest absolute Gasteiger partial charge is 0.323 e. The Morgan fingerprint density at radius 2 is 1.91 bits per heavy atom. The maximum atomic E-state index is 13.2. The zero-order valence-electron chi connectivity index (χ0n) is 11.7. The number of fused-ring (bicyclic) bond motifs is 1. The lowest BCUT2D eigenvalue weighted by Gasteiger charge is -2.30. The summed E-state index contributed by atoms with van der Waals surface area (Å²) in [6.07, 6.45) is 0. The van der Waals surface area contributed by atoms with Crippen LogP contribution >= 0.6 is 0 Å². The molecule has 2 aromatic rings. The number of halogens is 1. The Morgan fingerprint density at radius 3 is 2.64 bits per heavy atom. The van der Waals surface area contributed by atoms with Crippen molar-refractivity contribution in [2.75, 3.05) is 16.2 Å². The van der Waals surface area contributed by atoms with E-state index < -0.39 is 21.7 Å². The van der Waals surface area contributed by atoms with Gasteiger partial charge in [-0.1, -0.05) is 12.1 Å². The summed E-state index contributed by atoms with van der Waals surface area (Å²) in [5.74, 6) is -0.921. The maximum Gasteiger partial charge on any atom is 0.265 e. The average molecular weight is 320 g/mol. The number of nitrogens with one attached hydrogen (secondary N) is 1. The predicted octanol–water partition coefficient (Wildman–Crippen LogP) is 2.28. The highest BCUT2D eigenvalue weighted by Crippen LogP contribution is 2.34. The van der Waals surface area contributed by atoms with Crippen LogP contribution in [0.25, 0.3) is 0 Å². The van der Waals surface area contributed by atoms with Crippen molar-refractivity contribution in [1.29, 1.82) is 0 Å². The van der Waals surface area contributed by atoms with Gasteiger partial charge in [0.1, 0.15) is 12.4 Å². The number of hydrogen-bond acceptors (Lipinski definition) is 3. The lowest BCUT2D eigenvalue weighted by atomic mass is 10.2. The molecule has 0 aliphatic carbocycles. The Labute approximate surface area is 127 Å². The standard InChI is InChI=1S/C15H13FN2O3S/c1-10-8-11(16)6-7-14(10)22(20,21)18-9-15(19)17-12-4-2-3-5-13(12)18/h2-8H,9H2,1H3,(H,17,19). The van der Waals surface area contributed by atoms with Gasteiger partial charge in [-0.15, -0.1) is 0 Å². The maximum absolute atomic E-state index is 13.2. The van der Waals surface area contributed by atoms with Crippen LogP contribution in [-0.2, 0) is 14.8 Å². The van der Waals surface area contributed by atoms with Crippen LogP contribution in [0, 0.1) is 12.7 Å². The van der Waals surface area contributed by atoms with Gasteiger partial charge in [0.15, 0.2) is 0 Å². The van der Waals surface area contributed by atoms with E-state index in [1.54, 1.807) is 24.3 Å². The van der Waals surface area contributed by atoms with Crippen LogP contribution in [-0.4, -0.2) is 20.9 Å². The minimum Gasteiger partial charge on any atom is -0.323 e. The average Bonchev–Trinajstić information content (AvgIpc) is 2.45. The quantitative estimate of drug-likeness (QED) is 0.923. The lowest BCUT2D eigenvalue weighted by molar-refractivity contribution is -0.115. The van der Waals surface area contributed by atoms with Crippen molar-refractivity contribution >= 4 is 27.3 Å². The van der Waals surface area contributed by atoms with Crippen molar-refractivity contribution in [2.45, 2.75) is 11.8 Å². The minimum absolute atomic E-state index is 0.0154. The Hall–Kier alpha value is -2.41. The third-order valence-electron chi connectivity index (χ3n) is 3.44. The van der Waals surface area contributed by atoms with Crippen molar-refractivity contribution in [3.8, 4) is 0 Å². The Morgan fingerprint density at radius 1 is 1.18 bits per heavy atom. The smallest absolute Gasteiger partial charge is 0.265 e. The highest BCUT2D eigenvalue weighted by Gasteiger charge is 2.33. The van der Waals surface area contributed by atoms with Crippen LogP contribution in [0.5, 0.6) is 0 Å². The fraction of sp³-hybridized carbons (Fsp3) is 0.133. The first-order valence-electron chi connectivity index (χ1n) is 6.57. The summed E-state index contributed by atoms with van der Waals surface area (Å²) in [7, 11) is -3.95. The molecule has 0 radical (unpaired) electrons. The van der Waals surface area contributed by atoms with Crippen LogP contribution < -0.4 is 9.62 Å². The summed E-state index contributed by atoms with van der Waals surface area (Å²) in [5, 5.41) is 2.63. The topological polar surface area (TPSA) is 66.5 Å². The fourth-order valence-corrected chi connectivity index (χ4v) is 4.09. The van der Waals surface area contributed by atoms with Crippen molar-refractivity contribution in [3.63, 3.8) is 0 Å². The molecule has 0 saturated carbocycles. The van der Waals surface area contributed by atoms with Crippen molar-refractivity contribution in [1.82, 2.24) is 0 Å². The number of sulfonamides is 1. The van der Waals surface area contributed by atoms with E-state index in [4.69, 9.17) is 0 Å². The van der Waals surface area contributed by atoms with Crippen LogP contribution in [0.4, 0.5) is 15.8 Å². The fourth-order valence-electron chi connectivity index (χ4n) is 2.44. The molecular formula is C15H13FN2O3S. The van der Waals surface area contributed by atoms with E-state index in [0.717, 1.165) is 16.4 Å². The second kappa shape index (κ2) is 5.10. The molecule has 1 amide bonds. The number of anilines is 2. The third-order valence-corrected chi connectivity index (χ3v) is 5.36. The summed E-state index contributed by atoms with van der Waals surface area (Å²) < 4.78 is 40.0. The molecular weight excluding hydrogens is 307 g/mol. The summed E-state index contributed by atoms with van der Waals surface area (Å²) in [5.41, 5.74) is 1.12. The highest BCUT2D eigenvalue weighted by atomic mass is 32.2. The molecule has 22 heavy (non-hydrogen) atoms. The molecule has 1 aliphatic rings. The van der Waals surface area contributed by atoms with Crippen molar-refractivity contribution in [2.24, 2.45) is 0 Å². The second-order valence-electron chi connectivity index (χ2n) is 4.99. The normalized spacial score (nSPS) is 14.5. The summed E-state index contributed by atoms with van der Waals surface area (Å²) in [6.45, 7) is 1.21. The van der Waals surface area contributed by atoms with Gasteiger partial charge in [-0.3, -0.25) is 9.10 Å². The highest BCUT2D eigenvalue weighted by molar-refractivity contribution is 7.93. The summed E-state index contributed by atoms with van der Waals surface area (Å²) >= 11 is 0. The number of nitrogens with zero attached hydrogens (tertiary/aromatic N) is 1. The third kappa shape index (κ3) is 2.33. The number of aryl methyl sites for hydroxylation is 1. The van der Waals surface area contributed by atoms with E-state index in [-0.39, 0.29) is 11.4 Å². The van der Waals surface area contributed by atoms with Crippen LogP contribution in [0.15, 0.2) is 47.4 Å². The molecule has 2 aromatic carbocycles. The van der Waals surface area contributed by atoms with Gasteiger partial charge in [-0.25, -0.2) is 12.8 Å². The van der Waals surface area contributed by atoms with E-state index in [9.17, 15) is 17.6 Å². The number of para-hydroxylation sites is 2. The molecule has 0 spiro atoms. The van der Waals surface area contributed by atoms with E-state index in [1.165, 1.54) is 13.0 Å². The first kappa shape index (κ1) is 14.5. The van der Waals surface area contributed by atoms with Crippen molar-refractivity contribution < 1.29 is 17.6 Å². The molecule has 1 heterocycles. The van der Waals surface area contributed by atoms with Gasteiger partial charge in [-0.05, 0) is 42.8 Å². The molecule has 7 heteroatoms. The number of hydrogen-bond donors (Lipinski definition) is 1. The van der Waals surface area contributed by atoms with Gasteiger partial charge in [0.2, 0.25) is 5.91 Å². The van der Waals surface area contributed by atoms with Crippen molar-refractivity contribution in [3.05, 3.63) is 53.8 Å². The monoisotopic (exact) mass is 320 g/mol. The molecule has 114 valence electrons. The van der Waals surface area contributed by atoms with Crippen LogP contribution in [0.3, 0.4) is 0 Å². The summed E-state index contributed by atoms with van der Waals surface area (Å²) in [4.78, 5) is 11.8. The molecule has 0 bridgehead atoms. The van der Waals surface area contributed by atoms with E-state index in [1.807, 2.05) is 0 Å². The van der Waals surface area contributed by atoms with E-state index >= 15 is 0 Å².